The third-order valence-corrected chi connectivity index (χ3v) is 4.70. The molecule has 0 spiro atoms. The van der Waals surface area contributed by atoms with E-state index in [2.05, 4.69) is 20.4 Å². The number of halogens is 1. The van der Waals surface area contributed by atoms with Gasteiger partial charge in [-0.25, -0.2) is 9.18 Å². The highest BCUT2D eigenvalue weighted by atomic mass is 19.1. The number of esters is 1. The Bertz CT molecular complexity index is 1220. The maximum Gasteiger partial charge on any atom is 0.329 e. The second-order valence-electron chi connectivity index (χ2n) is 6.94. The first-order valence-corrected chi connectivity index (χ1v) is 9.57. The van der Waals surface area contributed by atoms with Gasteiger partial charge in [-0.2, -0.15) is 4.98 Å². The second-order valence-corrected chi connectivity index (χ2v) is 6.94. The van der Waals surface area contributed by atoms with Crippen molar-refractivity contribution in [1.82, 2.24) is 20.4 Å². The van der Waals surface area contributed by atoms with Crippen LogP contribution in [0.5, 0.6) is 0 Å². The lowest BCUT2D eigenvalue weighted by molar-refractivity contribution is -0.148. The van der Waals surface area contributed by atoms with E-state index in [1.54, 1.807) is 13.1 Å². The molecule has 0 saturated heterocycles. The molecule has 9 heteroatoms. The predicted octanol–water partition coefficient (Wildman–Crippen LogP) is 3.08. The van der Waals surface area contributed by atoms with Gasteiger partial charge in [0.05, 0.1) is 0 Å². The van der Waals surface area contributed by atoms with Crippen LogP contribution in [0.2, 0.25) is 0 Å². The predicted molar refractivity (Wildman–Crippen MR) is 108 cm³/mol. The minimum atomic E-state index is -0.985. The number of aromatic amines is 1. The number of ether oxygens (including phenoxy) is 1. The van der Waals surface area contributed by atoms with Crippen molar-refractivity contribution in [3.63, 3.8) is 0 Å². The number of benzene rings is 2. The Balaban J connectivity index is 1.53. The summed E-state index contributed by atoms with van der Waals surface area (Å²) in [6, 6.07) is 11.7. The van der Waals surface area contributed by atoms with Crippen molar-refractivity contribution in [2.45, 2.75) is 26.0 Å². The summed E-state index contributed by atoms with van der Waals surface area (Å²) in [4.78, 5) is 32.6. The molecule has 2 aromatic heterocycles. The Morgan fingerprint density at radius 2 is 1.97 bits per heavy atom. The summed E-state index contributed by atoms with van der Waals surface area (Å²) in [6.07, 6.45) is 1.98. The number of aromatic nitrogens is 3. The fourth-order valence-corrected chi connectivity index (χ4v) is 3.19. The van der Waals surface area contributed by atoms with E-state index < -0.39 is 23.7 Å². The Morgan fingerprint density at radius 1 is 1.19 bits per heavy atom. The summed E-state index contributed by atoms with van der Waals surface area (Å²) < 4.78 is 23.4. The lowest BCUT2D eigenvalue weighted by atomic mass is 10.0. The van der Waals surface area contributed by atoms with Crippen LogP contribution in [0.25, 0.3) is 10.9 Å². The van der Waals surface area contributed by atoms with Crippen molar-refractivity contribution in [2.24, 2.45) is 0 Å². The Hall–Kier alpha value is -4.01. The number of nitrogens with zero attached hydrogens (tertiary/aromatic N) is 2. The molecule has 0 aliphatic heterocycles. The molecule has 0 aliphatic carbocycles. The molecule has 0 unspecified atom stereocenters. The fraction of sp³-hybridized carbons (Fsp3) is 0.182. The number of fused-ring (bicyclic) bond motifs is 1. The summed E-state index contributed by atoms with van der Waals surface area (Å²) in [7, 11) is 0. The molecule has 4 aromatic rings. The van der Waals surface area contributed by atoms with Gasteiger partial charge in [-0.15, -0.1) is 0 Å². The summed E-state index contributed by atoms with van der Waals surface area (Å²) in [6.45, 7) is 1.44. The van der Waals surface area contributed by atoms with Crippen LogP contribution in [0.4, 0.5) is 4.39 Å². The molecule has 1 atom stereocenters. The first-order chi connectivity index (χ1) is 15.0. The van der Waals surface area contributed by atoms with E-state index in [9.17, 15) is 14.0 Å². The van der Waals surface area contributed by atoms with Crippen molar-refractivity contribution in [3.05, 3.63) is 83.4 Å². The molecule has 8 nitrogen and oxygen atoms in total. The highest BCUT2D eigenvalue weighted by molar-refractivity contribution is 5.97. The molecule has 0 fully saturated rings. The molecule has 0 saturated carbocycles. The van der Waals surface area contributed by atoms with Gasteiger partial charge in [0.2, 0.25) is 0 Å². The Kier molecular flexibility index (Phi) is 5.74. The van der Waals surface area contributed by atoms with E-state index in [-0.39, 0.29) is 24.5 Å². The molecule has 0 bridgehead atoms. The third kappa shape index (κ3) is 4.77. The summed E-state index contributed by atoms with van der Waals surface area (Å²) in [5, 5.41) is 7.26. The molecular formula is C22H19FN4O4. The van der Waals surface area contributed by atoms with Crippen LogP contribution in [-0.4, -0.2) is 33.0 Å². The third-order valence-electron chi connectivity index (χ3n) is 4.70. The smallest absolute Gasteiger partial charge is 0.329 e. The van der Waals surface area contributed by atoms with Crippen LogP contribution in [0, 0.1) is 12.7 Å². The molecule has 31 heavy (non-hydrogen) atoms. The first-order valence-electron chi connectivity index (χ1n) is 9.57. The molecule has 0 aliphatic rings. The van der Waals surface area contributed by atoms with Crippen LogP contribution in [-0.2, 0) is 22.6 Å². The van der Waals surface area contributed by atoms with Crippen molar-refractivity contribution < 1.29 is 23.2 Å². The summed E-state index contributed by atoms with van der Waals surface area (Å²) in [5.41, 5.74) is 1.98. The second kappa shape index (κ2) is 8.78. The van der Waals surface area contributed by atoms with Gasteiger partial charge in [0, 0.05) is 29.1 Å². The van der Waals surface area contributed by atoms with Crippen LogP contribution in [0.1, 0.15) is 27.6 Å². The largest absolute Gasteiger partial charge is 0.454 e. The normalized spacial score (nSPS) is 11.9. The summed E-state index contributed by atoms with van der Waals surface area (Å²) in [5.74, 6) is -1.05. The topological polar surface area (TPSA) is 110 Å². The van der Waals surface area contributed by atoms with E-state index in [1.807, 2.05) is 24.3 Å². The van der Waals surface area contributed by atoms with Gasteiger partial charge in [0.25, 0.3) is 11.8 Å². The number of para-hydroxylation sites is 1. The number of H-pyrrole nitrogens is 1. The lowest BCUT2D eigenvalue weighted by Crippen LogP contribution is -2.43. The zero-order chi connectivity index (χ0) is 21.8. The molecule has 2 aromatic carbocycles. The zero-order valence-electron chi connectivity index (χ0n) is 16.6. The highest BCUT2D eigenvalue weighted by Gasteiger charge is 2.25. The zero-order valence-corrected chi connectivity index (χ0v) is 16.6. The van der Waals surface area contributed by atoms with Gasteiger partial charge < -0.3 is 19.6 Å². The monoisotopic (exact) mass is 422 g/mol. The SMILES string of the molecule is Cc1noc(COC(=O)[C@@H](Cc2c[nH]c3ccccc23)NC(=O)c2ccc(F)cc2)n1. The van der Waals surface area contributed by atoms with E-state index in [4.69, 9.17) is 9.26 Å². The molecule has 158 valence electrons. The van der Waals surface area contributed by atoms with Crippen molar-refractivity contribution in [1.29, 1.82) is 0 Å². The number of carbonyl (C=O) groups excluding carboxylic acids is 2. The van der Waals surface area contributed by atoms with E-state index in [0.717, 1.165) is 16.5 Å². The lowest BCUT2D eigenvalue weighted by Gasteiger charge is -2.17. The van der Waals surface area contributed by atoms with Crippen LogP contribution >= 0.6 is 0 Å². The van der Waals surface area contributed by atoms with Gasteiger partial charge in [0.15, 0.2) is 12.4 Å². The van der Waals surface area contributed by atoms with Gasteiger partial charge >= 0.3 is 5.97 Å². The molecule has 2 N–H and O–H groups in total. The van der Waals surface area contributed by atoms with Crippen molar-refractivity contribution >= 4 is 22.8 Å². The minimum Gasteiger partial charge on any atom is -0.454 e. The number of aryl methyl sites for hydroxylation is 1. The number of hydrogen-bond donors (Lipinski definition) is 2. The minimum absolute atomic E-state index is 0.154. The van der Waals surface area contributed by atoms with Crippen LogP contribution in [0.3, 0.4) is 0 Å². The number of carbonyl (C=O) groups is 2. The van der Waals surface area contributed by atoms with E-state index in [1.165, 1.54) is 24.3 Å². The standard InChI is InChI=1S/C22H19FN4O4/c1-13-25-20(31-27-13)12-30-22(29)19(26-21(28)14-6-8-16(23)9-7-14)10-15-11-24-18-5-3-2-4-17(15)18/h2-9,11,19,24H,10,12H2,1H3,(H,26,28)/t19-/m1/s1. The van der Waals surface area contributed by atoms with Crippen molar-refractivity contribution in [3.8, 4) is 0 Å². The molecule has 4 rings (SSSR count). The van der Waals surface area contributed by atoms with Crippen LogP contribution < -0.4 is 5.32 Å². The van der Waals surface area contributed by atoms with Crippen LogP contribution in [0.15, 0.2) is 59.3 Å². The first kappa shape index (κ1) is 20.3. The van der Waals surface area contributed by atoms with E-state index >= 15 is 0 Å². The maximum atomic E-state index is 13.2. The molecular weight excluding hydrogens is 403 g/mol. The summed E-state index contributed by atoms with van der Waals surface area (Å²) >= 11 is 0. The average Bonchev–Trinajstić information content (AvgIpc) is 3.38. The van der Waals surface area contributed by atoms with Gasteiger partial charge in [-0.3, -0.25) is 4.79 Å². The average molecular weight is 422 g/mol. The fourth-order valence-electron chi connectivity index (χ4n) is 3.19. The number of hydrogen-bond acceptors (Lipinski definition) is 6. The Labute approximate surface area is 176 Å². The Morgan fingerprint density at radius 3 is 2.71 bits per heavy atom. The quantitative estimate of drug-likeness (QED) is 0.443. The molecule has 1 amide bonds. The van der Waals surface area contributed by atoms with Gasteiger partial charge in [-0.05, 0) is 42.8 Å². The van der Waals surface area contributed by atoms with Gasteiger partial charge in [0.1, 0.15) is 11.9 Å². The number of rotatable bonds is 7. The maximum absolute atomic E-state index is 13.2. The van der Waals surface area contributed by atoms with Crippen molar-refractivity contribution in [2.75, 3.05) is 0 Å². The molecule has 0 radical (unpaired) electrons. The van der Waals surface area contributed by atoms with E-state index in [0.29, 0.717) is 5.82 Å². The molecule has 2 heterocycles. The van der Waals surface area contributed by atoms with Gasteiger partial charge in [-0.1, -0.05) is 23.4 Å². The highest BCUT2D eigenvalue weighted by Crippen LogP contribution is 2.20. The number of nitrogens with one attached hydrogen (secondary N) is 2. The number of amides is 1.